The molecule has 0 fully saturated rings. The Morgan fingerprint density at radius 2 is 2.12 bits per heavy atom. The van der Waals surface area contributed by atoms with Crippen LogP contribution in [0.5, 0.6) is 0 Å². The van der Waals surface area contributed by atoms with Gasteiger partial charge in [0.15, 0.2) is 0 Å². The topological polar surface area (TPSA) is 17.1 Å². The predicted octanol–water partition coefficient (Wildman–Crippen LogP) is 3.69. The van der Waals surface area contributed by atoms with Crippen molar-refractivity contribution in [1.82, 2.24) is 0 Å². The Balaban J connectivity index is 2.38. The van der Waals surface area contributed by atoms with E-state index in [0.717, 1.165) is 17.4 Å². The Bertz CT molecular complexity index is 512. The molecule has 0 saturated heterocycles. The van der Waals surface area contributed by atoms with Crippen molar-refractivity contribution >= 4 is 6.29 Å². The first kappa shape index (κ1) is 11.8. The first-order chi connectivity index (χ1) is 8.13. The summed E-state index contributed by atoms with van der Waals surface area (Å²) in [7, 11) is 0. The fourth-order valence-electron chi connectivity index (χ4n) is 2.26. The molecule has 0 saturated carbocycles. The van der Waals surface area contributed by atoms with E-state index in [1.165, 1.54) is 0 Å². The minimum Gasteiger partial charge on any atom is -0.298 e. The van der Waals surface area contributed by atoms with E-state index in [1.807, 2.05) is 31.2 Å². The molecule has 2 rings (SSSR count). The lowest BCUT2D eigenvalue weighted by molar-refractivity contribution is -0.104. The maximum absolute atomic E-state index is 14.0. The molecule has 1 aromatic carbocycles. The molecule has 1 aromatic rings. The van der Waals surface area contributed by atoms with Gasteiger partial charge in [-0.25, -0.2) is 4.39 Å². The van der Waals surface area contributed by atoms with E-state index < -0.39 is 0 Å². The fraction of sp³-hybridized carbons (Fsp3) is 0.267. The first-order valence-corrected chi connectivity index (χ1v) is 5.72. The van der Waals surface area contributed by atoms with Gasteiger partial charge in [-0.05, 0) is 31.4 Å². The second kappa shape index (κ2) is 4.66. The van der Waals surface area contributed by atoms with Gasteiger partial charge in [0.25, 0.3) is 0 Å². The quantitative estimate of drug-likeness (QED) is 0.708. The Kier molecular flexibility index (Phi) is 3.23. The monoisotopic (exact) mass is 230 g/mol. The number of halogens is 1. The molecule has 1 atom stereocenters. The van der Waals surface area contributed by atoms with Gasteiger partial charge in [0, 0.05) is 11.5 Å². The zero-order valence-electron chi connectivity index (χ0n) is 10.0. The third kappa shape index (κ3) is 2.21. The number of aldehydes is 1. The standard InChI is InChI=1S/C15H15FO/c1-10-4-3-5-14(15(10)16)13-7-6-12(9-17)8-11(13)2/h3-6,8-9,13H,7H2,1-2H3. The van der Waals surface area contributed by atoms with Crippen molar-refractivity contribution < 1.29 is 9.18 Å². The van der Waals surface area contributed by atoms with Gasteiger partial charge >= 0.3 is 0 Å². The van der Waals surface area contributed by atoms with Crippen LogP contribution in [0.2, 0.25) is 0 Å². The molecule has 0 bridgehead atoms. The summed E-state index contributed by atoms with van der Waals surface area (Å²) in [5, 5.41) is 0. The molecule has 0 spiro atoms. The molecule has 1 aliphatic rings. The highest BCUT2D eigenvalue weighted by Crippen LogP contribution is 2.34. The van der Waals surface area contributed by atoms with Gasteiger partial charge in [0.2, 0.25) is 0 Å². The zero-order valence-corrected chi connectivity index (χ0v) is 10.0. The molecular formula is C15H15FO. The largest absolute Gasteiger partial charge is 0.298 e. The van der Waals surface area contributed by atoms with E-state index in [1.54, 1.807) is 13.0 Å². The van der Waals surface area contributed by atoms with Crippen molar-refractivity contribution in [2.24, 2.45) is 0 Å². The van der Waals surface area contributed by atoms with Gasteiger partial charge in [-0.1, -0.05) is 35.9 Å². The molecule has 17 heavy (non-hydrogen) atoms. The highest BCUT2D eigenvalue weighted by atomic mass is 19.1. The van der Waals surface area contributed by atoms with Crippen LogP contribution in [-0.4, -0.2) is 6.29 Å². The lowest BCUT2D eigenvalue weighted by Gasteiger charge is -2.21. The number of hydrogen-bond acceptors (Lipinski definition) is 1. The number of rotatable bonds is 2. The second-order valence-electron chi connectivity index (χ2n) is 4.48. The van der Waals surface area contributed by atoms with Gasteiger partial charge in [-0.2, -0.15) is 0 Å². The smallest absolute Gasteiger partial charge is 0.149 e. The molecule has 2 heteroatoms. The minimum absolute atomic E-state index is 0.0543. The van der Waals surface area contributed by atoms with Gasteiger partial charge in [-0.3, -0.25) is 4.79 Å². The Morgan fingerprint density at radius 1 is 1.35 bits per heavy atom. The average molecular weight is 230 g/mol. The van der Waals surface area contributed by atoms with Crippen molar-refractivity contribution in [3.8, 4) is 0 Å². The van der Waals surface area contributed by atoms with Crippen LogP contribution in [0.3, 0.4) is 0 Å². The molecule has 0 aromatic heterocycles. The molecule has 0 heterocycles. The molecular weight excluding hydrogens is 215 g/mol. The highest BCUT2D eigenvalue weighted by molar-refractivity contribution is 5.78. The van der Waals surface area contributed by atoms with Gasteiger partial charge in [0.05, 0.1) is 0 Å². The van der Waals surface area contributed by atoms with Crippen molar-refractivity contribution in [2.45, 2.75) is 26.2 Å². The zero-order chi connectivity index (χ0) is 12.4. The molecule has 0 amide bonds. The number of carbonyl (C=O) groups is 1. The normalized spacial score (nSPS) is 19.6. The van der Waals surface area contributed by atoms with E-state index in [-0.39, 0.29) is 11.7 Å². The molecule has 0 aliphatic heterocycles. The van der Waals surface area contributed by atoms with Gasteiger partial charge in [-0.15, -0.1) is 0 Å². The average Bonchev–Trinajstić information content (AvgIpc) is 2.33. The van der Waals surface area contributed by atoms with Crippen LogP contribution in [0.4, 0.5) is 4.39 Å². The molecule has 88 valence electrons. The number of aryl methyl sites for hydroxylation is 1. The van der Waals surface area contributed by atoms with Crippen LogP contribution in [0, 0.1) is 12.7 Å². The van der Waals surface area contributed by atoms with E-state index >= 15 is 0 Å². The first-order valence-electron chi connectivity index (χ1n) is 5.72. The van der Waals surface area contributed by atoms with Gasteiger partial charge < -0.3 is 0 Å². The Hall–Kier alpha value is -1.70. The Labute approximate surface area is 101 Å². The molecule has 1 unspecified atom stereocenters. The maximum atomic E-state index is 14.0. The van der Waals surface area contributed by atoms with E-state index in [9.17, 15) is 9.18 Å². The van der Waals surface area contributed by atoms with Crippen LogP contribution in [0.1, 0.15) is 30.4 Å². The summed E-state index contributed by atoms with van der Waals surface area (Å²) < 4.78 is 14.0. The SMILES string of the molecule is CC1=CC(C=O)=CCC1c1cccc(C)c1F. The van der Waals surface area contributed by atoms with Crippen LogP contribution in [0.25, 0.3) is 0 Å². The maximum Gasteiger partial charge on any atom is 0.149 e. The van der Waals surface area contributed by atoms with Crippen molar-refractivity contribution in [3.63, 3.8) is 0 Å². The van der Waals surface area contributed by atoms with Crippen molar-refractivity contribution in [2.75, 3.05) is 0 Å². The van der Waals surface area contributed by atoms with Crippen LogP contribution in [-0.2, 0) is 4.79 Å². The van der Waals surface area contributed by atoms with E-state index in [2.05, 4.69) is 0 Å². The number of carbonyl (C=O) groups excluding carboxylic acids is 1. The van der Waals surface area contributed by atoms with Gasteiger partial charge in [0.1, 0.15) is 12.1 Å². The molecule has 0 N–H and O–H groups in total. The summed E-state index contributed by atoms with van der Waals surface area (Å²) >= 11 is 0. The van der Waals surface area contributed by atoms with Crippen molar-refractivity contribution in [3.05, 3.63) is 58.4 Å². The summed E-state index contributed by atoms with van der Waals surface area (Å²) in [6, 6.07) is 5.47. The summed E-state index contributed by atoms with van der Waals surface area (Å²) in [5.74, 6) is -0.0770. The molecule has 1 aliphatic carbocycles. The minimum atomic E-state index is -0.131. The summed E-state index contributed by atoms with van der Waals surface area (Å²) in [5.41, 5.74) is 3.12. The summed E-state index contributed by atoms with van der Waals surface area (Å²) in [6.45, 7) is 3.72. The predicted molar refractivity (Wildman–Crippen MR) is 66.4 cm³/mol. The van der Waals surface area contributed by atoms with Crippen LogP contribution >= 0.6 is 0 Å². The highest BCUT2D eigenvalue weighted by Gasteiger charge is 2.20. The lowest BCUT2D eigenvalue weighted by atomic mass is 9.83. The van der Waals surface area contributed by atoms with E-state index in [4.69, 9.17) is 0 Å². The summed E-state index contributed by atoms with van der Waals surface area (Å²) in [6.07, 6.45) is 5.23. The Morgan fingerprint density at radius 3 is 2.76 bits per heavy atom. The summed E-state index contributed by atoms with van der Waals surface area (Å²) in [4.78, 5) is 10.7. The number of hydrogen-bond donors (Lipinski definition) is 0. The number of benzene rings is 1. The van der Waals surface area contributed by atoms with E-state index in [0.29, 0.717) is 17.6 Å². The fourth-order valence-corrected chi connectivity index (χ4v) is 2.26. The molecule has 0 radical (unpaired) electrons. The molecule has 1 nitrogen and oxygen atoms in total. The lowest BCUT2D eigenvalue weighted by Crippen LogP contribution is -2.07. The number of allylic oxidation sites excluding steroid dienone is 4. The van der Waals surface area contributed by atoms with Crippen LogP contribution in [0.15, 0.2) is 41.5 Å². The third-order valence-electron chi connectivity index (χ3n) is 3.27. The van der Waals surface area contributed by atoms with Crippen molar-refractivity contribution in [1.29, 1.82) is 0 Å². The van der Waals surface area contributed by atoms with Crippen LogP contribution < -0.4 is 0 Å². The second-order valence-corrected chi connectivity index (χ2v) is 4.48. The third-order valence-corrected chi connectivity index (χ3v) is 3.27.